The van der Waals surface area contributed by atoms with Crippen molar-refractivity contribution in [2.45, 2.75) is 118 Å². The molecular weight excluding hydrogens is 440 g/mol. The first-order valence-electron chi connectivity index (χ1n) is 13.5. The number of ketones is 1. The fourth-order valence-electron chi connectivity index (χ4n) is 8.11. The van der Waals surface area contributed by atoms with E-state index < -0.39 is 11.5 Å². The Hall–Kier alpha value is -1.23. The Morgan fingerprint density at radius 2 is 1.74 bits per heavy atom. The molecule has 0 heterocycles. The lowest BCUT2D eigenvalue weighted by atomic mass is 9.47. The molecule has 0 spiro atoms. The molecule has 3 fully saturated rings. The van der Waals surface area contributed by atoms with Crippen LogP contribution in [0, 0.1) is 34.5 Å². The minimum atomic E-state index is -0.650. The smallest absolute Gasteiger partial charge is 0.240 e. The summed E-state index contributed by atoms with van der Waals surface area (Å²) in [6, 6.07) is 0. The lowest BCUT2D eigenvalue weighted by molar-refractivity contribution is -0.143. The van der Waals surface area contributed by atoms with Gasteiger partial charge in [-0.2, -0.15) is 0 Å². The number of nitrogens with one attached hydrogen (secondary N) is 1. The lowest BCUT2D eigenvalue weighted by Gasteiger charge is -2.58. The van der Waals surface area contributed by atoms with Crippen LogP contribution in [-0.4, -0.2) is 32.8 Å². The molecule has 1 N–H and O–H groups in total. The third-order valence-electron chi connectivity index (χ3n) is 9.68. The van der Waals surface area contributed by atoms with Crippen molar-refractivity contribution < 1.29 is 9.59 Å². The summed E-state index contributed by atoms with van der Waals surface area (Å²) in [4.78, 5) is 29.1. The van der Waals surface area contributed by atoms with Gasteiger partial charge in [0.15, 0.2) is 10.9 Å². The summed E-state index contributed by atoms with van der Waals surface area (Å²) in [5, 5.41) is 3.73. The molecule has 3 saturated carbocycles. The molecule has 6 atom stereocenters. The van der Waals surface area contributed by atoms with Crippen LogP contribution in [0.5, 0.6) is 0 Å². The van der Waals surface area contributed by atoms with Crippen molar-refractivity contribution in [1.82, 2.24) is 10.2 Å². The van der Waals surface area contributed by atoms with Crippen LogP contribution in [0.2, 0.25) is 0 Å². The van der Waals surface area contributed by atoms with Gasteiger partial charge in [-0.3, -0.25) is 14.5 Å². The van der Waals surface area contributed by atoms with Crippen LogP contribution < -0.4 is 5.32 Å². The van der Waals surface area contributed by atoms with Gasteiger partial charge in [-0.1, -0.05) is 25.8 Å². The highest BCUT2D eigenvalue weighted by Gasteiger charge is 2.58. The van der Waals surface area contributed by atoms with Crippen molar-refractivity contribution in [2.75, 3.05) is 0 Å². The van der Waals surface area contributed by atoms with E-state index in [1.165, 1.54) is 44.1 Å². The van der Waals surface area contributed by atoms with Gasteiger partial charge < -0.3 is 5.32 Å². The Kier molecular flexibility index (Phi) is 6.40. The monoisotopic (exact) mass is 486 g/mol. The maximum Gasteiger partial charge on any atom is 0.240 e. The topological polar surface area (TPSA) is 49.4 Å². The molecular formula is C29H46N2O2S. The number of thiocarbonyl (C=S) groups is 1. The summed E-state index contributed by atoms with van der Waals surface area (Å²) in [6.45, 7) is 17.0. The summed E-state index contributed by atoms with van der Waals surface area (Å²) in [6.07, 6.45) is 11.3. The maximum atomic E-state index is 14.0. The number of nitrogens with zero attached hydrogens (tertiary/aromatic N) is 1. The van der Waals surface area contributed by atoms with Crippen LogP contribution in [0.4, 0.5) is 0 Å². The molecule has 0 aromatic carbocycles. The SMILES string of the molecule is CC(C)(C)NC(=S)N(C(=O)C1C[C@@]2(C)C(=CC1=O)CC[C@@H]1[C@H]2CC[C@]2(C)CCC[C@@H]12)C(C)(C)C. The van der Waals surface area contributed by atoms with Crippen molar-refractivity contribution in [2.24, 2.45) is 34.5 Å². The molecule has 4 nitrogen and oxygen atoms in total. The summed E-state index contributed by atoms with van der Waals surface area (Å²) in [5.74, 6) is 1.31. The number of hydrogen-bond acceptors (Lipinski definition) is 3. The third-order valence-corrected chi connectivity index (χ3v) is 9.96. The standard InChI is InChI=1S/C29H46N2O2S/c1-26(2,3)30-25(34)31(27(4,5)6)24(33)20-17-29(8)18(16-23(20)32)11-12-19-21-10-9-14-28(21,7)15-13-22(19)29/h16,19-22H,9-15,17H2,1-8H3,(H,30,34)/t19-,20?,21-,22+,28-,29-/m0/s1. The Morgan fingerprint density at radius 3 is 2.35 bits per heavy atom. The van der Waals surface area contributed by atoms with Crippen molar-refractivity contribution in [3.8, 4) is 0 Å². The van der Waals surface area contributed by atoms with Crippen molar-refractivity contribution >= 4 is 29.0 Å². The minimum absolute atomic E-state index is 0.0229. The van der Waals surface area contributed by atoms with E-state index in [4.69, 9.17) is 12.2 Å². The molecule has 4 rings (SSSR count). The van der Waals surface area contributed by atoms with E-state index in [0.717, 1.165) is 18.3 Å². The van der Waals surface area contributed by atoms with Gasteiger partial charge in [0.25, 0.3) is 0 Å². The number of carbonyl (C=O) groups is 2. The fourth-order valence-corrected chi connectivity index (χ4v) is 8.78. The molecule has 0 aromatic heterocycles. The molecule has 0 aliphatic heterocycles. The van der Waals surface area contributed by atoms with Crippen LogP contribution in [0.1, 0.15) is 107 Å². The highest BCUT2D eigenvalue weighted by atomic mass is 32.1. The predicted octanol–water partition coefficient (Wildman–Crippen LogP) is 6.43. The number of carbonyl (C=O) groups excluding carboxylic acids is 2. The summed E-state index contributed by atoms with van der Waals surface area (Å²) in [7, 11) is 0. The van der Waals surface area contributed by atoms with Gasteiger partial charge in [-0.25, -0.2) is 0 Å². The molecule has 1 unspecified atom stereocenters. The summed E-state index contributed by atoms with van der Waals surface area (Å²) < 4.78 is 0. The van der Waals surface area contributed by atoms with Gasteiger partial charge in [0.05, 0.1) is 0 Å². The van der Waals surface area contributed by atoms with Crippen LogP contribution in [0.3, 0.4) is 0 Å². The van der Waals surface area contributed by atoms with E-state index in [1.54, 1.807) is 4.90 Å². The quantitative estimate of drug-likeness (QED) is 0.342. The average molecular weight is 487 g/mol. The lowest BCUT2D eigenvalue weighted by Crippen LogP contribution is -2.60. The van der Waals surface area contributed by atoms with E-state index in [-0.39, 0.29) is 22.6 Å². The van der Waals surface area contributed by atoms with Crippen LogP contribution in [0.15, 0.2) is 11.6 Å². The summed E-state index contributed by atoms with van der Waals surface area (Å²) in [5.41, 5.74) is 0.976. The molecule has 5 heteroatoms. The van der Waals surface area contributed by atoms with E-state index in [1.807, 2.05) is 47.6 Å². The van der Waals surface area contributed by atoms with Gasteiger partial charge in [0.2, 0.25) is 5.91 Å². The predicted molar refractivity (Wildman–Crippen MR) is 142 cm³/mol. The van der Waals surface area contributed by atoms with E-state index in [9.17, 15) is 9.59 Å². The highest BCUT2D eigenvalue weighted by molar-refractivity contribution is 7.80. The molecule has 0 radical (unpaired) electrons. The van der Waals surface area contributed by atoms with E-state index in [2.05, 4.69) is 19.2 Å². The Balaban J connectivity index is 1.64. The molecule has 4 aliphatic rings. The van der Waals surface area contributed by atoms with Crippen molar-refractivity contribution in [1.29, 1.82) is 0 Å². The molecule has 1 amide bonds. The average Bonchev–Trinajstić information content (AvgIpc) is 3.07. The fraction of sp³-hybridized carbons (Fsp3) is 0.828. The first-order chi connectivity index (χ1) is 15.6. The molecule has 34 heavy (non-hydrogen) atoms. The third kappa shape index (κ3) is 4.40. The second-order valence-corrected chi connectivity index (χ2v) is 14.7. The van der Waals surface area contributed by atoms with Crippen molar-refractivity contribution in [3.63, 3.8) is 0 Å². The first kappa shape index (κ1) is 25.9. The van der Waals surface area contributed by atoms with E-state index in [0.29, 0.717) is 22.9 Å². The zero-order valence-corrected chi connectivity index (χ0v) is 23.5. The van der Waals surface area contributed by atoms with Gasteiger partial charge in [-0.05, 0) is 133 Å². The first-order valence-corrected chi connectivity index (χ1v) is 13.9. The number of amides is 1. The van der Waals surface area contributed by atoms with Gasteiger partial charge in [0.1, 0.15) is 5.92 Å². The number of rotatable bonds is 1. The van der Waals surface area contributed by atoms with Crippen LogP contribution in [-0.2, 0) is 9.59 Å². The number of hydrogen-bond donors (Lipinski definition) is 1. The molecule has 0 aromatic rings. The van der Waals surface area contributed by atoms with Gasteiger partial charge >= 0.3 is 0 Å². The van der Waals surface area contributed by atoms with Crippen LogP contribution in [0.25, 0.3) is 0 Å². The number of fused-ring (bicyclic) bond motifs is 5. The second kappa shape index (κ2) is 8.42. The zero-order chi connectivity index (χ0) is 25.3. The molecule has 0 bridgehead atoms. The molecule has 4 aliphatic carbocycles. The largest absolute Gasteiger partial charge is 0.358 e. The van der Waals surface area contributed by atoms with E-state index >= 15 is 0 Å². The highest BCUT2D eigenvalue weighted by Crippen LogP contribution is 2.65. The molecule has 190 valence electrons. The summed E-state index contributed by atoms with van der Waals surface area (Å²) >= 11 is 5.72. The Morgan fingerprint density at radius 1 is 1.06 bits per heavy atom. The van der Waals surface area contributed by atoms with Gasteiger partial charge in [-0.15, -0.1) is 0 Å². The van der Waals surface area contributed by atoms with Gasteiger partial charge in [0, 0.05) is 11.1 Å². The molecule has 0 saturated heterocycles. The second-order valence-electron chi connectivity index (χ2n) is 14.3. The maximum absolute atomic E-state index is 14.0. The van der Waals surface area contributed by atoms with Crippen LogP contribution >= 0.6 is 12.2 Å². The Bertz CT molecular complexity index is 910. The number of allylic oxidation sites excluding steroid dienone is 1. The zero-order valence-electron chi connectivity index (χ0n) is 22.7. The van der Waals surface area contributed by atoms with Crippen molar-refractivity contribution in [3.05, 3.63) is 11.6 Å². The normalized spacial score (nSPS) is 37.8. The Labute approximate surface area is 212 Å². The minimum Gasteiger partial charge on any atom is -0.358 e.